The van der Waals surface area contributed by atoms with Crippen LogP contribution in [0.4, 0.5) is 23.7 Å². The molecule has 2 aromatic carbocycles. The number of anilines is 1. The zero-order valence-corrected chi connectivity index (χ0v) is 32.3. The Morgan fingerprint density at radius 3 is 2.38 bits per heavy atom. The van der Waals surface area contributed by atoms with Crippen LogP contribution >= 0.6 is 11.6 Å². The van der Waals surface area contributed by atoms with Crippen LogP contribution in [0.5, 0.6) is 0 Å². The molecule has 0 radical (unpaired) electrons. The van der Waals surface area contributed by atoms with Crippen LogP contribution < -0.4 is 5.32 Å². The molecule has 3 aromatic heterocycles. The van der Waals surface area contributed by atoms with Crippen LogP contribution in [-0.4, -0.2) is 102 Å². The van der Waals surface area contributed by atoms with Gasteiger partial charge in [-0.1, -0.05) is 48.0 Å². The molecule has 0 aliphatic carbocycles. The first-order chi connectivity index (χ1) is 27.7. The van der Waals surface area contributed by atoms with Crippen LogP contribution in [-0.2, 0) is 29.4 Å². The number of hydrogen-bond donors (Lipinski definition) is 1. The van der Waals surface area contributed by atoms with E-state index in [0.29, 0.717) is 45.6 Å². The van der Waals surface area contributed by atoms with Gasteiger partial charge in [0.15, 0.2) is 17.3 Å². The van der Waals surface area contributed by atoms with E-state index in [4.69, 9.17) is 16.3 Å². The van der Waals surface area contributed by atoms with Crippen molar-refractivity contribution in [3.8, 4) is 17.1 Å². The third kappa shape index (κ3) is 8.83. The van der Waals surface area contributed by atoms with E-state index in [1.807, 2.05) is 30.3 Å². The third-order valence-corrected chi connectivity index (χ3v) is 10.5. The van der Waals surface area contributed by atoms with Crippen molar-refractivity contribution in [1.29, 1.82) is 0 Å². The fraction of sp³-hybridized carbons (Fsp3) is 0.325. The number of aromatic nitrogens is 5. The molecule has 0 spiro atoms. The van der Waals surface area contributed by atoms with Crippen LogP contribution in [0, 0.1) is 12.8 Å². The summed E-state index contributed by atoms with van der Waals surface area (Å²) in [6.45, 7) is 4.09. The molecule has 2 aliphatic rings. The topological polar surface area (TPSA) is 148 Å². The number of benzene rings is 2. The number of likely N-dealkylation sites (tertiary alicyclic amines) is 1. The molecule has 2 aliphatic heterocycles. The molecule has 7 rings (SSSR count). The molecule has 0 atom stereocenters. The molecule has 58 heavy (non-hydrogen) atoms. The van der Waals surface area contributed by atoms with Crippen molar-refractivity contribution >= 4 is 41.1 Å². The largest absolute Gasteiger partial charge is 0.445 e. The highest BCUT2D eigenvalue weighted by Crippen LogP contribution is 2.37. The summed E-state index contributed by atoms with van der Waals surface area (Å²) in [7, 11) is 1.42. The number of carbonyl (C=O) groups excluding carboxylic acids is 4. The van der Waals surface area contributed by atoms with Gasteiger partial charge in [0, 0.05) is 57.9 Å². The Morgan fingerprint density at radius 1 is 0.948 bits per heavy atom. The van der Waals surface area contributed by atoms with E-state index in [1.165, 1.54) is 47.1 Å². The van der Waals surface area contributed by atoms with E-state index in [2.05, 4.69) is 20.4 Å². The highest BCUT2D eigenvalue weighted by atomic mass is 35.5. The number of aryl methyl sites for hydroxylation is 1. The molecular formula is C40H39ClF3N9O5. The van der Waals surface area contributed by atoms with Crippen LogP contribution in [0.25, 0.3) is 17.1 Å². The summed E-state index contributed by atoms with van der Waals surface area (Å²) >= 11 is 6.55. The number of carbonyl (C=O) groups is 4. The average molecular weight is 818 g/mol. The maximum atomic E-state index is 14.1. The van der Waals surface area contributed by atoms with Gasteiger partial charge in [0.25, 0.3) is 11.8 Å². The summed E-state index contributed by atoms with van der Waals surface area (Å²) in [6, 6.07) is 17.0. The zero-order chi connectivity index (χ0) is 41.1. The highest BCUT2D eigenvalue weighted by Gasteiger charge is 2.39. The zero-order valence-electron chi connectivity index (χ0n) is 31.6. The van der Waals surface area contributed by atoms with Gasteiger partial charge in [-0.25, -0.2) is 19.4 Å². The smallest absolute Gasteiger partial charge is 0.435 e. The maximum absolute atomic E-state index is 14.1. The summed E-state index contributed by atoms with van der Waals surface area (Å²) in [5, 5.41) is 6.50. The normalized spacial score (nSPS) is 15.1. The van der Waals surface area contributed by atoms with Gasteiger partial charge in [-0.05, 0) is 61.1 Å². The Bertz CT molecular complexity index is 2320. The first-order valence-corrected chi connectivity index (χ1v) is 18.9. The number of halogens is 4. The predicted molar refractivity (Wildman–Crippen MR) is 206 cm³/mol. The highest BCUT2D eigenvalue weighted by molar-refractivity contribution is 6.34. The van der Waals surface area contributed by atoms with Crippen LogP contribution in [0.2, 0.25) is 5.02 Å². The molecule has 0 unspecified atom stereocenters. The van der Waals surface area contributed by atoms with E-state index in [-0.39, 0.29) is 70.1 Å². The van der Waals surface area contributed by atoms with Crippen LogP contribution in [0.15, 0.2) is 79.3 Å². The fourth-order valence-electron chi connectivity index (χ4n) is 6.98. The van der Waals surface area contributed by atoms with E-state index in [9.17, 15) is 32.3 Å². The number of imidazole rings is 1. The second-order valence-electron chi connectivity index (χ2n) is 14.2. The second kappa shape index (κ2) is 16.7. The molecule has 2 fully saturated rings. The molecule has 18 heteroatoms. The van der Waals surface area contributed by atoms with Crippen LogP contribution in [0.1, 0.15) is 50.6 Å². The number of ether oxygens (including phenoxy) is 1. The summed E-state index contributed by atoms with van der Waals surface area (Å²) < 4.78 is 49.9. The quantitative estimate of drug-likeness (QED) is 0.184. The first-order valence-electron chi connectivity index (χ1n) is 18.5. The van der Waals surface area contributed by atoms with Gasteiger partial charge in [-0.2, -0.15) is 18.3 Å². The van der Waals surface area contributed by atoms with Gasteiger partial charge < -0.3 is 24.4 Å². The lowest BCUT2D eigenvalue weighted by molar-refractivity contribution is -0.141. The Kier molecular flexibility index (Phi) is 11.5. The first kappa shape index (κ1) is 40.0. The van der Waals surface area contributed by atoms with E-state index in [1.54, 1.807) is 28.9 Å². The minimum Gasteiger partial charge on any atom is -0.445 e. The van der Waals surface area contributed by atoms with E-state index < -0.39 is 23.9 Å². The van der Waals surface area contributed by atoms with Crippen molar-refractivity contribution in [2.75, 3.05) is 44.6 Å². The maximum Gasteiger partial charge on any atom is 0.435 e. The minimum absolute atomic E-state index is 0.00417. The molecule has 2 saturated heterocycles. The lowest BCUT2D eigenvalue weighted by atomic mass is 9.95. The Morgan fingerprint density at radius 2 is 1.71 bits per heavy atom. The lowest BCUT2D eigenvalue weighted by Crippen LogP contribution is -2.54. The molecule has 5 aromatic rings. The van der Waals surface area contributed by atoms with Crippen molar-refractivity contribution < 1.29 is 37.1 Å². The Balaban J connectivity index is 0.920. The van der Waals surface area contributed by atoms with E-state index in [0.717, 1.165) is 22.0 Å². The SMILES string of the molecule is Cc1ccc(-n2cc(-c3cnc(C(=O)Nc4ccc(C(=O)N5CCC(CN6CCN(C(=O)OCc7ccccc7)CC6=O)CC5)c(Cl)c4)n3C)c(C(F)(F)F)n2)nc1. The standard InChI is InChI=1S/C40H39ClF3N9O5/c1-25-8-11-33(45-19-25)53-22-30(35(48-53)40(42,43)44)32-20-46-36(49(32)2)37(55)47-28-9-10-29(31(41)18-28)38(56)50-14-12-26(13-15-50)21-51-16-17-52(23-34(51)54)39(57)58-24-27-6-4-3-5-7-27/h3-11,18-20,22,26H,12-17,21,23-24H2,1-2H3,(H,47,55). The number of piperazine rings is 1. The third-order valence-electron chi connectivity index (χ3n) is 10.2. The summed E-state index contributed by atoms with van der Waals surface area (Å²) in [5.74, 6) is -0.960. The fourth-order valence-corrected chi connectivity index (χ4v) is 7.24. The van der Waals surface area contributed by atoms with Crippen molar-refractivity contribution in [3.05, 3.63) is 112 Å². The molecule has 4 amide bonds. The van der Waals surface area contributed by atoms with Crippen molar-refractivity contribution in [1.82, 2.24) is 39.0 Å². The number of pyridine rings is 1. The molecule has 1 N–H and O–H groups in total. The number of hydrogen-bond acceptors (Lipinski definition) is 8. The molecule has 5 heterocycles. The van der Waals surface area contributed by atoms with Gasteiger partial charge in [0.1, 0.15) is 13.2 Å². The van der Waals surface area contributed by atoms with E-state index >= 15 is 0 Å². The minimum atomic E-state index is -4.80. The Hall–Kier alpha value is -6.23. The summed E-state index contributed by atoms with van der Waals surface area (Å²) in [5.41, 5.74) is 0.731. The summed E-state index contributed by atoms with van der Waals surface area (Å²) in [4.78, 5) is 65.4. The number of nitrogens with zero attached hydrogens (tertiary/aromatic N) is 8. The van der Waals surface area contributed by atoms with Gasteiger partial charge in [0.05, 0.1) is 28.0 Å². The molecule has 14 nitrogen and oxygen atoms in total. The Labute approximate surface area is 336 Å². The van der Waals surface area contributed by atoms with Gasteiger partial charge in [-0.3, -0.25) is 19.3 Å². The second-order valence-corrected chi connectivity index (χ2v) is 14.6. The average Bonchev–Trinajstić information content (AvgIpc) is 3.83. The number of piperidine rings is 1. The number of alkyl halides is 3. The summed E-state index contributed by atoms with van der Waals surface area (Å²) in [6.07, 6.45) is -0.117. The van der Waals surface area contributed by atoms with Crippen molar-refractivity contribution in [2.45, 2.75) is 32.5 Å². The number of amides is 4. The molecule has 302 valence electrons. The van der Waals surface area contributed by atoms with Gasteiger partial charge >= 0.3 is 12.3 Å². The number of rotatable bonds is 9. The lowest BCUT2D eigenvalue weighted by Gasteiger charge is -2.38. The van der Waals surface area contributed by atoms with Gasteiger partial charge in [-0.15, -0.1) is 0 Å². The molecule has 0 bridgehead atoms. The van der Waals surface area contributed by atoms with Crippen LogP contribution in [0.3, 0.4) is 0 Å². The molecular weight excluding hydrogens is 779 g/mol. The van der Waals surface area contributed by atoms with Crippen molar-refractivity contribution in [2.24, 2.45) is 13.0 Å². The molecule has 0 saturated carbocycles. The predicted octanol–water partition coefficient (Wildman–Crippen LogP) is 6.23. The number of nitrogens with one attached hydrogen (secondary N) is 1. The monoisotopic (exact) mass is 817 g/mol. The van der Waals surface area contributed by atoms with Gasteiger partial charge in [0.2, 0.25) is 5.91 Å². The van der Waals surface area contributed by atoms with Crippen molar-refractivity contribution in [3.63, 3.8) is 0 Å².